The van der Waals surface area contributed by atoms with Gasteiger partial charge in [-0.25, -0.2) is 4.39 Å². The molecule has 5 rings (SSSR count). The van der Waals surface area contributed by atoms with Crippen LogP contribution in [-0.4, -0.2) is 21.1 Å². The van der Waals surface area contributed by atoms with Gasteiger partial charge in [-0.3, -0.25) is 14.9 Å². The van der Waals surface area contributed by atoms with Crippen molar-refractivity contribution in [2.24, 2.45) is 0 Å². The van der Waals surface area contributed by atoms with Crippen LogP contribution in [0.25, 0.3) is 32.9 Å². The van der Waals surface area contributed by atoms with E-state index in [9.17, 15) is 9.18 Å². The Bertz CT molecular complexity index is 1380. The molecule has 0 saturated heterocycles. The Morgan fingerprint density at radius 1 is 1.00 bits per heavy atom. The number of nitrogens with zero attached hydrogens (tertiary/aromatic N) is 2. The van der Waals surface area contributed by atoms with Gasteiger partial charge in [0.2, 0.25) is 0 Å². The molecular weight excluding hydrogens is 379 g/mol. The molecule has 2 aromatic heterocycles. The van der Waals surface area contributed by atoms with Gasteiger partial charge >= 0.3 is 0 Å². The largest absolute Gasteiger partial charge is 0.348 e. The number of rotatable bonds is 4. The molecular formula is C24H17FN4O. The Balaban J connectivity index is 1.51. The molecule has 6 heteroatoms. The van der Waals surface area contributed by atoms with Crippen LogP contribution in [0, 0.1) is 5.82 Å². The molecule has 1 amide bonds. The van der Waals surface area contributed by atoms with Crippen LogP contribution in [0.2, 0.25) is 0 Å². The molecule has 2 heterocycles. The first-order valence-corrected chi connectivity index (χ1v) is 9.53. The second-order valence-electron chi connectivity index (χ2n) is 7.06. The zero-order valence-electron chi connectivity index (χ0n) is 15.9. The first-order chi connectivity index (χ1) is 14.7. The molecule has 0 bridgehead atoms. The van der Waals surface area contributed by atoms with Crippen molar-refractivity contribution >= 4 is 27.6 Å². The van der Waals surface area contributed by atoms with Crippen LogP contribution >= 0.6 is 0 Å². The molecule has 0 fully saturated rings. The second kappa shape index (κ2) is 7.40. The highest BCUT2D eigenvalue weighted by Gasteiger charge is 2.17. The minimum absolute atomic E-state index is 0.0187. The summed E-state index contributed by atoms with van der Waals surface area (Å²) < 4.78 is 14.6. The minimum atomic E-state index is -0.597. The molecule has 5 nitrogen and oxygen atoms in total. The maximum atomic E-state index is 14.6. The third kappa shape index (κ3) is 3.28. The molecule has 0 saturated carbocycles. The lowest BCUT2D eigenvalue weighted by Crippen LogP contribution is -2.23. The highest BCUT2D eigenvalue weighted by molar-refractivity contribution is 6.02. The smallest absolute Gasteiger partial charge is 0.254 e. The predicted octanol–water partition coefficient (Wildman–Crippen LogP) is 4.85. The van der Waals surface area contributed by atoms with Crippen molar-refractivity contribution in [2.45, 2.75) is 6.54 Å². The van der Waals surface area contributed by atoms with Gasteiger partial charge in [0, 0.05) is 36.0 Å². The number of carbonyl (C=O) groups excluding carboxylic acids is 1. The van der Waals surface area contributed by atoms with E-state index in [0.717, 1.165) is 21.9 Å². The number of H-pyrrole nitrogens is 1. The molecule has 0 aliphatic heterocycles. The van der Waals surface area contributed by atoms with Crippen LogP contribution in [0.3, 0.4) is 0 Å². The van der Waals surface area contributed by atoms with Gasteiger partial charge < -0.3 is 5.32 Å². The summed E-state index contributed by atoms with van der Waals surface area (Å²) in [6.45, 7) is 0.271. The van der Waals surface area contributed by atoms with E-state index in [-0.39, 0.29) is 12.1 Å². The number of aromatic amines is 1. The van der Waals surface area contributed by atoms with Crippen molar-refractivity contribution in [3.8, 4) is 11.3 Å². The van der Waals surface area contributed by atoms with Gasteiger partial charge in [0.1, 0.15) is 5.82 Å². The maximum absolute atomic E-state index is 14.6. The fraction of sp³-hybridized carbons (Fsp3) is 0.0417. The van der Waals surface area contributed by atoms with Gasteiger partial charge in [0.25, 0.3) is 5.91 Å². The van der Waals surface area contributed by atoms with Gasteiger partial charge in [0.05, 0.1) is 16.8 Å². The molecule has 0 spiro atoms. The summed E-state index contributed by atoms with van der Waals surface area (Å²) in [5.74, 6) is -1.08. The number of halogens is 1. The number of hydrogen-bond acceptors (Lipinski definition) is 3. The SMILES string of the molecule is O=C(NCc1cccnc1)c1cc2c(-c3ccc4ccccc4c3)n[nH]c2cc1F. The van der Waals surface area contributed by atoms with Gasteiger partial charge in [-0.1, -0.05) is 42.5 Å². The third-order valence-corrected chi connectivity index (χ3v) is 5.09. The number of benzene rings is 3. The van der Waals surface area contributed by atoms with Crippen LogP contribution in [0.15, 0.2) is 79.1 Å². The van der Waals surface area contributed by atoms with E-state index >= 15 is 0 Å². The Labute approximate surface area is 171 Å². The molecule has 146 valence electrons. The monoisotopic (exact) mass is 396 g/mol. The summed E-state index contributed by atoms with van der Waals surface area (Å²) in [6, 6.07) is 20.6. The Kier molecular flexibility index (Phi) is 4.44. The fourth-order valence-electron chi connectivity index (χ4n) is 3.55. The van der Waals surface area contributed by atoms with Crippen LogP contribution < -0.4 is 5.32 Å². The van der Waals surface area contributed by atoms with Gasteiger partial charge in [0.15, 0.2) is 0 Å². The lowest BCUT2D eigenvalue weighted by molar-refractivity contribution is 0.0947. The maximum Gasteiger partial charge on any atom is 0.254 e. The van der Waals surface area contributed by atoms with E-state index in [1.807, 2.05) is 48.5 Å². The molecule has 3 aromatic carbocycles. The summed E-state index contributed by atoms with van der Waals surface area (Å²) >= 11 is 0. The topological polar surface area (TPSA) is 70.7 Å². The molecule has 30 heavy (non-hydrogen) atoms. The average molecular weight is 396 g/mol. The van der Waals surface area contributed by atoms with Crippen LogP contribution in [0.5, 0.6) is 0 Å². The standard InChI is InChI=1S/C24H17FN4O/c25-21-12-22-20(11-19(21)24(30)27-14-15-4-3-9-26-13-15)23(29-28-22)18-8-7-16-5-1-2-6-17(16)10-18/h1-13H,14H2,(H,27,30)(H,28,29). The summed E-state index contributed by atoms with van der Waals surface area (Å²) in [4.78, 5) is 16.6. The van der Waals surface area contributed by atoms with Crippen molar-refractivity contribution in [2.75, 3.05) is 0 Å². The molecule has 0 unspecified atom stereocenters. The van der Waals surface area contributed by atoms with Crippen LogP contribution in [-0.2, 0) is 6.54 Å². The lowest BCUT2D eigenvalue weighted by Gasteiger charge is -2.07. The quantitative estimate of drug-likeness (QED) is 0.456. The molecule has 5 aromatic rings. The van der Waals surface area contributed by atoms with E-state index in [0.29, 0.717) is 16.6 Å². The molecule has 2 N–H and O–H groups in total. The normalized spacial score (nSPS) is 11.1. The number of hydrogen-bond donors (Lipinski definition) is 2. The van der Waals surface area contributed by atoms with Crippen molar-refractivity contribution in [3.63, 3.8) is 0 Å². The Morgan fingerprint density at radius 3 is 2.70 bits per heavy atom. The van der Waals surface area contributed by atoms with Crippen molar-refractivity contribution in [1.29, 1.82) is 0 Å². The van der Waals surface area contributed by atoms with Gasteiger partial charge in [-0.05, 0) is 34.5 Å². The number of amides is 1. The van der Waals surface area contributed by atoms with E-state index in [1.54, 1.807) is 24.5 Å². The third-order valence-electron chi connectivity index (χ3n) is 5.09. The van der Waals surface area contributed by atoms with E-state index < -0.39 is 11.7 Å². The first kappa shape index (κ1) is 18.0. The van der Waals surface area contributed by atoms with Crippen molar-refractivity contribution < 1.29 is 9.18 Å². The number of carbonyl (C=O) groups is 1. The highest BCUT2D eigenvalue weighted by Crippen LogP contribution is 2.30. The summed E-state index contributed by atoms with van der Waals surface area (Å²) in [5, 5.41) is 12.9. The summed E-state index contributed by atoms with van der Waals surface area (Å²) in [5.41, 5.74) is 2.94. The lowest BCUT2D eigenvalue weighted by atomic mass is 10.0. The van der Waals surface area contributed by atoms with Gasteiger partial charge in [-0.15, -0.1) is 0 Å². The number of pyridine rings is 1. The first-order valence-electron chi connectivity index (χ1n) is 9.53. The second-order valence-corrected chi connectivity index (χ2v) is 7.06. The predicted molar refractivity (Wildman–Crippen MR) is 114 cm³/mol. The van der Waals surface area contributed by atoms with Crippen molar-refractivity contribution in [3.05, 3.63) is 96.1 Å². The number of nitrogens with one attached hydrogen (secondary N) is 2. The van der Waals surface area contributed by atoms with Crippen molar-refractivity contribution in [1.82, 2.24) is 20.5 Å². The van der Waals surface area contributed by atoms with Crippen LogP contribution in [0.4, 0.5) is 4.39 Å². The fourth-order valence-corrected chi connectivity index (χ4v) is 3.55. The minimum Gasteiger partial charge on any atom is -0.348 e. The zero-order chi connectivity index (χ0) is 20.5. The molecule has 0 atom stereocenters. The molecule has 0 radical (unpaired) electrons. The van der Waals surface area contributed by atoms with E-state index in [1.165, 1.54) is 6.07 Å². The Hall–Kier alpha value is -4.06. The number of fused-ring (bicyclic) bond motifs is 2. The molecule has 0 aliphatic rings. The van der Waals surface area contributed by atoms with E-state index in [2.05, 4.69) is 20.5 Å². The average Bonchev–Trinajstić information content (AvgIpc) is 3.20. The summed E-state index contributed by atoms with van der Waals surface area (Å²) in [6.07, 6.45) is 3.32. The number of aromatic nitrogens is 3. The zero-order valence-corrected chi connectivity index (χ0v) is 15.9. The van der Waals surface area contributed by atoms with E-state index in [4.69, 9.17) is 0 Å². The molecule has 0 aliphatic carbocycles. The highest BCUT2D eigenvalue weighted by atomic mass is 19.1. The summed E-state index contributed by atoms with van der Waals surface area (Å²) in [7, 11) is 0. The van der Waals surface area contributed by atoms with Gasteiger partial charge in [-0.2, -0.15) is 5.10 Å². The van der Waals surface area contributed by atoms with Crippen LogP contribution in [0.1, 0.15) is 15.9 Å². The Morgan fingerprint density at radius 2 is 1.87 bits per heavy atom.